The van der Waals surface area contributed by atoms with E-state index in [9.17, 15) is 4.79 Å². The largest absolute Gasteiger partial charge is 0.461 e. The number of nitrogens with zero attached hydrogens (tertiary/aromatic N) is 7. The summed E-state index contributed by atoms with van der Waals surface area (Å²) in [5.74, 6) is 0.737. The number of hydrogen-bond acceptors (Lipinski definition) is 8. The Kier molecular flexibility index (Phi) is 11.2. The van der Waals surface area contributed by atoms with Crippen LogP contribution in [-0.2, 0) is 9.95 Å². The van der Waals surface area contributed by atoms with E-state index < -0.39 is 0 Å². The smallest absolute Gasteiger partial charge is 0.319 e. The minimum Gasteiger partial charge on any atom is -0.461 e. The minimum absolute atomic E-state index is 0.0375. The summed E-state index contributed by atoms with van der Waals surface area (Å²) in [5.41, 5.74) is 4.67. The van der Waals surface area contributed by atoms with Gasteiger partial charge in [0.1, 0.15) is 12.4 Å². The van der Waals surface area contributed by atoms with Crippen LogP contribution in [0.25, 0.3) is 22.2 Å². The fourth-order valence-electron chi connectivity index (χ4n) is 6.96. The normalized spacial score (nSPS) is 19.0. The molecule has 0 aliphatic carbocycles. The van der Waals surface area contributed by atoms with Crippen LogP contribution in [0, 0.1) is 6.92 Å². The van der Waals surface area contributed by atoms with Crippen LogP contribution in [-0.4, -0.2) is 92.3 Å². The molecule has 3 aromatic heterocycles. The molecule has 10 nitrogen and oxygen atoms in total. The van der Waals surface area contributed by atoms with E-state index in [2.05, 4.69) is 56.6 Å². The lowest BCUT2D eigenvalue weighted by atomic mass is 9.95. The number of pyridine rings is 1. The molecule has 0 saturated carbocycles. The summed E-state index contributed by atoms with van der Waals surface area (Å²) in [5, 5.41) is 8.18. The number of fused-ring (bicyclic) bond motifs is 2. The third-order valence-corrected chi connectivity index (χ3v) is 9.58. The van der Waals surface area contributed by atoms with Gasteiger partial charge in [-0.25, -0.2) is 0 Å². The highest BCUT2D eigenvalue weighted by molar-refractivity contribution is 7.18. The van der Waals surface area contributed by atoms with E-state index in [0.29, 0.717) is 25.7 Å². The number of anilines is 1. The Bertz CT molecular complexity index is 1470. The number of carbonyl (C=O) groups is 1. The van der Waals surface area contributed by atoms with Gasteiger partial charge >= 0.3 is 6.01 Å². The van der Waals surface area contributed by atoms with Gasteiger partial charge in [-0.1, -0.05) is 48.1 Å². The van der Waals surface area contributed by atoms with Gasteiger partial charge in [-0.3, -0.25) is 19.8 Å². The van der Waals surface area contributed by atoms with Gasteiger partial charge in [-0.15, -0.1) is 9.24 Å². The quantitative estimate of drug-likeness (QED) is 0.233. The van der Waals surface area contributed by atoms with Gasteiger partial charge in [-0.05, 0) is 58.2 Å². The van der Waals surface area contributed by atoms with Crippen molar-refractivity contribution in [2.75, 3.05) is 44.7 Å². The van der Waals surface area contributed by atoms with Crippen molar-refractivity contribution in [1.82, 2.24) is 34.9 Å². The van der Waals surface area contributed by atoms with Gasteiger partial charge in [0.05, 0.1) is 34.0 Å². The van der Waals surface area contributed by atoms with Crippen LogP contribution in [0.2, 0.25) is 0 Å². The molecule has 0 spiro atoms. The fraction of sp³-hybridized carbons (Fsp3) is 0.618. The molecule has 246 valence electrons. The van der Waals surface area contributed by atoms with Gasteiger partial charge in [0.2, 0.25) is 5.91 Å². The number of aromatic nitrogens is 5. The molecule has 6 rings (SSSR count). The molecule has 1 N–H and O–H groups in total. The molecule has 45 heavy (non-hydrogen) atoms. The van der Waals surface area contributed by atoms with E-state index in [1.165, 1.54) is 18.9 Å². The number of H-pyrrole nitrogens is 1. The summed E-state index contributed by atoms with van der Waals surface area (Å²) in [6.07, 6.45) is 10.7. The lowest BCUT2D eigenvalue weighted by Crippen LogP contribution is -2.43. The molecule has 3 aliphatic rings. The van der Waals surface area contributed by atoms with Crippen molar-refractivity contribution < 1.29 is 9.53 Å². The number of amides is 1. The lowest BCUT2D eigenvalue weighted by molar-refractivity contribution is -0.125. The number of likely N-dealkylation sites (N-methyl/N-ethyl adjacent to an activating group) is 1. The molecule has 0 bridgehead atoms. The van der Waals surface area contributed by atoms with Gasteiger partial charge < -0.3 is 14.5 Å². The van der Waals surface area contributed by atoms with E-state index in [1.807, 2.05) is 52.0 Å². The summed E-state index contributed by atoms with van der Waals surface area (Å²) < 4.78 is 6.49. The number of carbonyl (C=O) groups excluding carboxylic acids is 1. The average molecular weight is 637 g/mol. The molecule has 0 radical (unpaired) electrons. The maximum atomic E-state index is 12.3. The van der Waals surface area contributed by atoms with Crippen molar-refractivity contribution in [3.05, 3.63) is 36.3 Å². The summed E-state index contributed by atoms with van der Waals surface area (Å²) in [6, 6.07) is 0.505. The Labute approximate surface area is 271 Å². The Hall–Kier alpha value is -3.10. The van der Waals surface area contributed by atoms with Crippen molar-refractivity contribution in [2.45, 2.75) is 97.3 Å². The highest BCUT2D eigenvalue weighted by Gasteiger charge is 2.45. The van der Waals surface area contributed by atoms with Crippen molar-refractivity contribution >= 4 is 31.9 Å². The monoisotopic (exact) mass is 636 g/mol. The van der Waals surface area contributed by atoms with Gasteiger partial charge in [0, 0.05) is 48.7 Å². The lowest BCUT2D eigenvalue weighted by Gasteiger charge is -2.31. The average Bonchev–Trinajstić information content (AvgIpc) is 3.85. The van der Waals surface area contributed by atoms with Crippen molar-refractivity contribution in [3.8, 4) is 17.3 Å². The van der Waals surface area contributed by atoms with Crippen LogP contribution < -0.4 is 9.64 Å². The van der Waals surface area contributed by atoms with Crippen molar-refractivity contribution in [2.24, 2.45) is 0 Å². The Morgan fingerprint density at radius 1 is 1.18 bits per heavy atom. The molecule has 6 heterocycles. The first-order valence-electron chi connectivity index (χ1n) is 16.6. The van der Waals surface area contributed by atoms with Crippen LogP contribution in [0.1, 0.15) is 84.9 Å². The first-order chi connectivity index (χ1) is 21.6. The zero-order valence-corrected chi connectivity index (χ0v) is 29.8. The van der Waals surface area contributed by atoms with Gasteiger partial charge in [-0.2, -0.15) is 15.1 Å². The van der Waals surface area contributed by atoms with Crippen LogP contribution in [0.3, 0.4) is 0 Å². The third-order valence-electron chi connectivity index (χ3n) is 9.29. The van der Waals surface area contributed by atoms with Crippen molar-refractivity contribution in [3.63, 3.8) is 0 Å². The third kappa shape index (κ3) is 6.87. The molecule has 11 heteroatoms. The molecule has 3 fully saturated rings. The standard InChI is InChI=1S/C30H41N8O2P.2C2H6/c1-6-23(39)37-14-9-20(17-37)36(5)27-22-15-31-24(21-16-32-35-26(21)29(3,4)41)19(2)25(22)33-28(34-27)40-18-30-10-7-12-38(30)13-8-11-30;2*1-2/h6,15-16,20H,1,7-14,17-18,41H2,2-5H3,(H,32,35);2*1-2H3. The predicted octanol–water partition coefficient (Wildman–Crippen LogP) is 6.12. The van der Waals surface area contributed by atoms with Gasteiger partial charge in [0.25, 0.3) is 0 Å². The molecule has 1 amide bonds. The summed E-state index contributed by atoms with van der Waals surface area (Å²) >= 11 is 0. The molecule has 2 unspecified atom stereocenters. The minimum atomic E-state index is -0.203. The second-order valence-electron chi connectivity index (χ2n) is 12.5. The number of aromatic amines is 1. The van der Waals surface area contributed by atoms with Crippen LogP contribution in [0.15, 0.2) is 25.0 Å². The Morgan fingerprint density at radius 3 is 2.51 bits per heavy atom. The van der Waals surface area contributed by atoms with Crippen LogP contribution >= 0.6 is 9.24 Å². The van der Waals surface area contributed by atoms with E-state index in [1.54, 1.807) is 0 Å². The second kappa shape index (κ2) is 14.5. The molecule has 3 aromatic rings. The van der Waals surface area contributed by atoms with E-state index in [4.69, 9.17) is 19.7 Å². The highest BCUT2D eigenvalue weighted by Crippen LogP contribution is 2.41. The van der Waals surface area contributed by atoms with Crippen molar-refractivity contribution in [1.29, 1.82) is 0 Å². The summed E-state index contributed by atoms with van der Waals surface area (Å²) in [7, 11) is 4.92. The van der Waals surface area contributed by atoms with E-state index in [0.717, 1.165) is 71.6 Å². The maximum Gasteiger partial charge on any atom is 0.319 e. The molecule has 3 saturated heterocycles. The zero-order valence-electron chi connectivity index (χ0n) is 28.6. The molecule has 3 aliphatic heterocycles. The first-order valence-corrected chi connectivity index (χ1v) is 17.2. The number of likely N-dealkylation sites (tertiary alicyclic amines) is 1. The first kappa shape index (κ1) is 34.8. The fourth-order valence-corrected chi connectivity index (χ4v) is 7.18. The molecule has 2 atom stereocenters. The molecule has 0 aromatic carbocycles. The number of ether oxygens (including phenoxy) is 1. The van der Waals surface area contributed by atoms with Gasteiger partial charge in [0.15, 0.2) is 0 Å². The maximum absolute atomic E-state index is 12.3. The van der Waals surface area contributed by atoms with Crippen LogP contribution in [0.5, 0.6) is 6.01 Å². The van der Waals surface area contributed by atoms with E-state index in [-0.39, 0.29) is 22.6 Å². The van der Waals surface area contributed by atoms with E-state index >= 15 is 0 Å². The SMILES string of the molecule is C=CC(=O)N1CCC(N(C)c2nc(OCC34CCCN3CCC4)nc3c(C)c(-c4cn[nH]c4C(C)(C)P)ncc23)C1.CC.CC. The summed E-state index contributed by atoms with van der Waals surface area (Å²) in [4.78, 5) is 33.8. The number of rotatable bonds is 8. The Balaban J connectivity index is 0.00000111. The highest BCUT2D eigenvalue weighted by atomic mass is 31.0. The molecular weight excluding hydrogens is 583 g/mol. The topological polar surface area (TPSA) is 103 Å². The number of aryl methyl sites for hydroxylation is 1. The molecular formula is C34H53N8O2P. The summed E-state index contributed by atoms with van der Waals surface area (Å²) in [6.45, 7) is 22.2. The number of nitrogens with one attached hydrogen (secondary N) is 1. The predicted molar refractivity (Wildman–Crippen MR) is 187 cm³/mol. The second-order valence-corrected chi connectivity index (χ2v) is 13.9. The Morgan fingerprint density at radius 2 is 1.87 bits per heavy atom. The van der Waals surface area contributed by atoms with Crippen LogP contribution in [0.4, 0.5) is 5.82 Å². The zero-order chi connectivity index (χ0) is 32.9. The number of hydrogen-bond donors (Lipinski definition) is 1.